The molecule has 0 amide bonds. The molecule has 0 radical (unpaired) electrons. The molecule has 1 heterocycles. The second-order valence-corrected chi connectivity index (χ2v) is 6.39. The summed E-state index contributed by atoms with van der Waals surface area (Å²) in [6, 6.07) is 0.603. The molecule has 1 rings (SSSR count). The van der Waals surface area contributed by atoms with Gasteiger partial charge in [-0.05, 0) is 43.4 Å². The van der Waals surface area contributed by atoms with Crippen LogP contribution in [0.2, 0.25) is 0 Å². The van der Waals surface area contributed by atoms with Crippen molar-refractivity contribution in [3.63, 3.8) is 0 Å². The molecule has 2 N–H and O–H groups in total. The zero-order valence-corrected chi connectivity index (χ0v) is 12.6. The average molecular weight is 275 g/mol. The number of nitrogens with zero attached hydrogens (tertiary/aromatic N) is 1. The summed E-state index contributed by atoms with van der Waals surface area (Å²) in [6.07, 6.45) is 7.27. The van der Waals surface area contributed by atoms with Gasteiger partial charge in [-0.1, -0.05) is 0 Å². The Morgan fingerprint density at radius 2 is 2.35 bits per heavy atom. The first-order valence-corrected chi connectivity index (χ1v) is 8.95. The molecular formula is C12H25N3S2. The number of unbranched alkanes of at least 4 members (excludes halogenated alkanes) is 1. The molecule has 0 aromatic rings. The molecule has 0 aliphatic carbocycles. The molecule has 3 nitrogen and oxygen atoms in total. The third-order valence-corrected chi connectivity index (χ3v) is 4.70. The van der Waals surface area contributed by atoms with Crippen molar-refractivity contribution in [2.45, 2.75) is 31.7 Å². The van der Waals surface area contributed by atoms with Crippen LogP contribution in [-0.4, -0.2) is 49.1 Å². The molecule has 5 heteroatoms. The third kappa shape index (κ3) is 7.09. The lowest BCUT2D eigenvalue weighted by atomic mass is 10.2. The van der Waals surface area contributed by atoms with E-state index in [1.807, 2.05) is 30.6 Å². The number of nitrogens with one attached hydrogen (secondary N) is 2. The predicted octanol–water partition coefficient (Wildman–Crippen LogP) is 2.19. The first kappa shape index (κ1) is 15.0. The molecule has 17 heavy (non-hydrogen) atoms. The smallest absolute Gasteiger partial charge is 0.191 e. The van der Waals surface area contributed by atoms with Crippen LogP contribution in [0.25, 0.3) is 0 Å². The van der Waals surface area contributed by atoms with Crippen LogP contribution in [0.4, 0.5) is 0 Å². The van der Waals surface area contributed by atoms with E-state index < -0.39 is 0 Å². The molecule has 0 aromatic heterocycles. The van der Waals surface area contributed by atoms with Crippen molar-refractivity contribution in [3.05, 3.63) is 0 Å². The average Bonchev–Trinajstić information content (AvgIpc) is 2.38. The van der Waals surface area contributed by atoms with Crippen LogP contribution in [0.5, 0.6) is 0 Å². The third-order valence-electron chi connectivity index (χ3n) is 2.79. The van der Waals surface area contributed by atoms with Gasteiger partial charge in [-0.2, -0.15) is 23.5 Å². The highest BCUT2D eigenvalue weighted by molar-refractivity contribution is 7.99. The Labute approximate surface area is 114 Å². The van der Waals surface area contributed by atoms with Gasteiger partial charge < -0.3 is 10.6 Å². The number of aliphatic imine (C=N–C) groups is 1. The van der Waals surface area contributed by atoms with Gasteiger partial charge in [0.05, 0.1) is 0 Å². The zero-order chi connectivity index (χ0) is 12.3. The van der Waals surface area contributed by atoms with Crippen LogP contribution in [0.15, 0.2) is 4.99 Å². The highest BCUT2D eigenvalue weighted by atomic mass is 32.2. The fourth-order valence-electron chi connectivity index (χ4n) is 1.82. The van der Waals surface area contributed by atoms with Gasteiger partial charge in [-0.25, -0.2) is 0 Å². The minimum atomic E-state index is 0.603. The van der Waals surface area contributed by atoms with E-state index in [9.17, 15) is 0 Å². The van der Waals surface area contributed by atoms with E-state index in [1.165, 1.54) is 42.9 Å². The van der Waals surface area contributed by atoms with Gasteiger partial charge in [0.15, 0.2) is 5.96 Å². The summed E-state index contributed by atoms with van der Waals surface area (Å²) in [5.41, 5.74) is 0. The van der Waals surface area contributed by atoms with Gasteiger partial charge in [0.25, 0.3) is 0 Å². The fraction of sp³-hybridized carbons (Fsp3) is 0.917. The van der Waals surface area contributed by atoms with E-state index in [4.69, 9.17) is 0 Å². The standard InChI is InChI=1S/C12H25N3S2/c1-13-12(14-7-3-4-8-16-2)15-11-6-5-9-17-10-11/h11H,3-10H2,1-2H3,(H2,13,14,15). The van der Waals surface area contributed by atoms with Crippen molar-refractivity contribution in [3.8, 4) is 0 Å². The summed E-state index contributed by atoms with van der Waals surface area (Å²) in [5, 5.41) is 6.91. The van der Waals surface area contributed by atoms with E-state index in [-0.39, 0.29) is 0 Å². The van der Waals surface area contributed by atoms with Gasteiger partial charge in [0.2, 0.25) is 0 Å². The second-order valence-electron chi connectivity index (χ2n) is 4.26. The van der Waals surface area contributed by atoms with E-state index in [0.29, 0.717) is 6.04 Å². The molecular weight excluding hydrogens is 250 g/mol. The summed E-state index contributed by atoms with van der Waals surface area (Å²) < 4.78 is 0. The van der Waals surface area contributed by atoms with Crippen LogP contribution >= 0.6 is 23.5 Å². The summed E-state index contributed by atoms with van der Waals surface area (Å²) >= 11 is 3.96. The van der Waals surface area contributed by atoms with Crippen LogP contribution in [0.1, 0.15) is 25.7 Å². The van der Waals surface area contributed by atoms with Crippen molar-refractivity contribution in [1.82, 2.24) is 10.6 Å². The topological polar surface area (TPSA) is 36.4 Å². The Bertz CT molecular complexity index is 216. The molecule has 1 fully saturated rings. The van der Waals surface area contributed by atoms with Crippen LogP contribution in [0, 0.1) is 0 Å². The molecule has 0 aromatic carbocycles. The van der Waals surface area contributed by atoms with E-state index in [0.717, 1.165) is 12.5 Å². The maximum atomic E-state index is 4.28. The number of guanidine groups is 1. The van der Waals surface area contributed by atoms with Gasteiger partial charge in [0.1, 0.15) is 0 Å². The molecule has 1 atom stereocenters. The number of thioether (sulfide) groups is 2. The molecule has 1 aliphatic rings. The Balaban J connectivity index is 2.10. The maximum absolute atomic E-state index is 4.28. The molecule has 1 aliphatic heterocycles. The minimum absolute atomic E-state index is 0.603. The molecule has 1 unspecified atom stereocenters. The first-order chi connectivity index (χ1) is 8.36. The van der Waals surface area contributed by atoms with E-state index >= 15 is 0 Å². The fourth-order valence-corrected chi connectivity index (χ4v) is 3.39. The first-order valence-electron chi connectivity index (χ1n) is 6.40. The molecule has 0 spiro atoms. The Morgan fingerprint density at radius 3 is 3.00 bits per heavy atom. The minimum Gasteiger partial charge on any atom is -0.356 e. The highest BCUT2D eigenvalue weighted by Crippen LogP contribution is 2.16. The lowest BCUT2D eigenvalue weighted by molar-refractivity contribution is 0.580. The Kier molecular flexibility index (Phi) is 8.79. The highest BCUT2D eigenvalue weighted by Gasteiger charge is 2.14. The van der Waals surface area contributed by atoms with Crippen LogP contribution < -0.4 is 10.6 Å². The van der Waals surface area contributed by atoms with Crippen molar-refractivity contribution < 1.29 is 0 Å². The monoisotopic (exact) mass is 275 g/mol. The van der Waals surface area contributed by atoms with Crippen molar-refractivity contribution in [2.75, 3.05) is 37.1 Å². The molecule has 100 valence electrons. The molecule has 1 saturated heterocycles. The van der Waals surface area contributed by atoms with Crippen LogP contribution in [0.3, 0.4) is 0 Å². The largest absolute Gasteiger partial charge is 0.356 e. The van der Waals surface area contributed by atoms with Crippen LogP contribution in [-0.2, 0) is 0 Å². The maximum Gasteiger partial charge on any atom is 0.191 e. The van der Waals surface area contributed by atoms with E-state index in [1.54, 1.807) is 0 Å². The second kappa shape index (κ2) is 9.95. The number of hydrogen-bond donors (Lipinski definition) is 2. The molecule has 0 saturated carbocycles. The Hall–Kier alpha value is -0.0300. The van der Waals surface area contributed by atoms with Crippen molar-refractivity contribution >= 4 is 29.5 Å². The number of hydrogen-bond acceptors (Lipinski definition) is 3. The van der Waals surface area contributed by atoms with E-state index in [2.05, 4.69) is 21.9 Å². The Morgan fingerprint density at radius 1 is 1.47 bits per heavy atom. The van der Waals surface area contributed by atoms with Gasteiger partial charge in [-0.3, -0.25) is 4.99 Å². The summed E-state index contributed by atoms with van der Waals surface area (Å²) in [6.45, 7) is 1.03. The predicted molar refractivity (Wildman–Crippen MR) is 82.5 cm³/mol. The van der Waals surface area contributed by atoms with Gasteiger partial charge in [-0.15, -0.1) is 0 Å². The van der Waals surface area contributed by atoms with Gasteiger partial charge >= 0.3 is 0 Å². The zero-order valence-electron chi connectivity index (χ0n) is 11.0. The summed E-state index contributed by atoms with van der Waals surface area (Å²) in [7, 11) is 1.85. The number of rotatable bonds is 6. The summed E-state index contributed by atoms with van der Waals surface area (Å²) in [4.78, 5) is 4.28. The SMILES string of the molecule is CN=C(NCCCCSC)NC1CCCSC1. The van der Waals surface area contributed by atoms with Crippen molar-refractivity contribution in [2.24, 2.45) is 4.99 Å². The normalized spacial score (nSPS) is 21.3. The lowest BCUT2D eigenvalue weighted by Gasteiger charge is -2.24. The molecule has 0 bridgehead atoms. The van der Waals surface area contributed by atoms with Crippen molar-refractivity contribution in [1.29, 1.82) is 0 Å². The van der Waals surface area contributed by atoms with Gasteiger partial charge in [0, 0.05) is 25.4 Å². The lowest BCUT2D eigenvalue weighted by Crippen LogP contribution is -2.45. The quantitative estimate of drug-likeness (QED) is 0.443. The summed E-state index contributed by atoms with van der Waals surface area (Å²) in [5.74, 6) is 4.76.